The van der Waals surface area contributed by atoms with Crippen LogP contribution in [0.25, 0.3) is 11.8 Å². The van der Waals surface area contributed by atoms with E-state index in [1.54, 1.807) is 12.3 Å². The summed E-state index contributed by atoms with van der Waals surface area (Å²) >= 11 is 3.31. The number of cyclic esters (lactones) is 1. The van der Waals surface area contributed by atoms with Gasteiger partial charge in [0, 0.05) is 11.8 Å². The molecular weight excluding hydrogens is 294 g/mol. The number of hydrogen-bond donors (Lipinski definition) is 0. The summed E-state index contributed by atoms with van der Waals surface area (Å²) in [6.07, 6.45) is 3.52. The van der Waals surface area contributed by atoms with Crippen molar-refractivity contribution in [1.29, 1.82) is 0 Å². The maximum absolute atomic E-state index is 11.6. The van der Waals surface area contributed by atoms with Gasteiger partial charge in [-0.1, -0.05) is 18.2 Å². The van der Waals surface area contributed by atoms with Gasteiger partial charge >= 0.3 is 5.97 Å². The number of carbonyl (C=O) groups excluding carboxylic acids is 1. The van der Waals surface area contributed by atoms with Gasteiger partial charge in [-0.15, -0.1) is 0 Å². The topological polar surface area (TPSA) is 39.2 Å². The minimum Gasteiger partial charge on any atom is -0.422 e. The zero-order chi connectivity index (χ0) is 12.5. The van der Waals surface area contributed by atoms with Crippen molar-refractivity contribution in [3.05, 3.63) is 63.9 Å². The Morgan fingerprint density at radius 2 is 1.94 bits per heavy atom. The molecule has 0 unspecified atom stereocenters. The molecular formula is C14H8BrNO2. The van der Waals surface area contributed by atoms with E-state index >= 15 is 0 Å². The molecule has 0 saturated carbocycles. The van der Waals surface area contributed by atoms with Crippen LogP contribution in [0.15, 0.2) is 47.2 Å². The fourth-order valence-corrected chi connectivity index (χ4v) is 2.23. The number of fused-ring (bicyclic) bond motifs is 1. The lowest BCUT2D eigenvalue weighted by Crippen LogP contribution is -1.92. The quantitative estimate of drug-likeness (QED) is 0.598. The average Bonchev–Trinajstić information content (AvgIpc) is 2.67. The molecule has 0 spiro atoms. The maximum Gasteiger partial charge on any atom is 0.344 e. The van der Waals surface area contributed by atoms with Gasteiger partial charge in [-0.25, -0.2) is 9.78 Å². The number of carbonyl (C=O) groups is 1. The molecule has 0 N–H and O–H groups in total. The maximum atomic E-state index is 11.6. The smallest absolute Gasteiger partial charge is 0.344 e. The van der Waals surface area contributed by atoms with Crippen LogP contribution in [-0.4, -0.2) is 11.0 Å². The summed E-state index contributed by atoms with van der Waals surface area (Å²) in [7, 11) is 0. The molecule has 4 heteroatoms. The number of esters is 1. The summed E-state index contributed by atoms with van der Waals surface area (Å²) in [4.78, 5) is 15.7. The van der Waals surface area contributed by atoms with Gasteiger partial charge in [-0.05, 0) is 45.8 Å². The van der Waals surface area contributed by atoms with Crippen molar-refractivity contribution in [2.75, 3.05) is 0 Å². The van der Waals surface area contributed by atoms with Gasteiger partial charge in [0.15, 0.2) is 0 Å². The van der Waals surface area contributed by atoms with E-state index < -0.39 is 0 Å². The second-order valence-electron chi connectivity index (χ2n) is 3.86. The Balaban J connectivity index is 2.07. The molecule has 2 heterocycles. The third-order valence-corrected chi connectivity index (χ3v) is 3.10. The van der Waals surface area contributed by atoms with E-state index in [9.17, 15) is 4.79 Å². The number of nitrogens with zero attached hydrogens (tertiary/aromatic N) is 1. The van der Waals surface area contributed by atoms with Crippen LogP contribution >= 0.6 is 15.9 Å². The number of aromatic nitrogens is 1. The highest BCUT2D eigenvalue weighted by molar-refractivity contribution is 9.10. The molecule has 0 amide bonds. The minimum absolute atomic E-state index is 0.301. The van der Waals surface area contributed by atoms with Gasteiger partial charge in [0.25, 0.3) is 0 Å². The highest BCUT2D eigenvalue weighted by atomic mass is 79.9. The molecule has 0 bridgehead atoms. The highest BCUT2D eigenvalue weighted by Gasteiger charge is 2.25. The predicted molar refractivity (Wildman–Crippen MR) is 71.7 cm³/mol. The average molecular weight is 302 g/mol. The summed E-state index contributed by atoms with van der Waals surface area (Å²) in [5, 5.41) is 0. The first kappa shape index (κ1) is 11.2. The second-order valence-corrected chi connectivity index (χ2v) is 4.67. The van der Waals surface area contributed by atoms with Crippen molar-refractivity contribution in [2.45, 2.75) is 0 Å². The summed E-state index contributed by atoms with van der Waals surface area (Å²) < 4.78 is 6.01. The first-order valence-electron chi connectivity index (χ1n) is 5.39. The molecule has 1 aromatic carbocycles. The van der Waals surface area contributed by atoms with E-state index in [4.69, 9.17) is 4.74 Å². The van der Waals surface area contributed by atoms with Crippen molar-refractivity contribution in [3.63, 3.8) is 0 Å². The molecule has 1 aliphatic rings. The molecule has 3 nitrogen and oxygen atoms in total. The lowest BCUT2D eigenvalue weighted by Gasteiger charge is -1.99. The zero-order valence-electron chi connectivity index (χ0n) is 9.26. The van der Waals surface area contributed by atoms with Crippen LogP contribution in [-0.2, 0) is 4.74 Å². The Morgan fingerprint density at radius 3 is 2.72 bits per heavy atom. The molecule has 0 atom stereocenters. The molecule has 1 aromatic heterocycles. The molecule has 3 rings (SSSR count). The standard InChI is InChI=1S/C14H8BrNO2/c15-13-8-9(5-6-16-13)7-12-10-3-1-2-4-11(10)14(17)18-12/h1-8H. The number of rotatable bonds is 1. The van der Waals surface area contributed by atoms with Crippen LogP contribution in [0.5, 0.6) is 0 Å². The number of benzene rings is 1. The van der Waals surface area contributed by atoms with E-state index in [1.165, 1.54) is 0 Å². The van der Waals surface area contributed by atoms with Gasteiger partial charge < -0.3 is 4.74 Å². The summed E-state index contributed by atoms with van der Waals surface area (Å²) in [5.41, 5.74) is 2.36. The van der Waals surface area contributed by atoms with E-state index in [2.05, 4.69) is 20.9 Å². The number of halogens is 1. The Morgan fingerprint density at radius 1 is 1.17 bits per heavy atom. The zero-order valence-corrected chi connectivity index (χ0v) is 10.8. The first-order chi connectivity index (χ1) is 8.74. The van der Waals surface area contributed by atoms with Crippen molar-refractivity contribution in [1.82, 2.24) is 4.98 Å². The lowest BCUT2D eigenvalue weighted by atomic mass is 10.1. The van der Waals surface area contributed by atoms with Crippen molar-refractivity contribution in [3.8, 4) is 0 Å². The van der Waals surface area contributed by atoms with Gasteiger partial charge in [0.05, 0.1) is 5.56 Å². The lowest BCUT2D eigenvalue weighted by molar-refractivity contribution is 0.0717. The SMILES string of the molecule is O=C1OC(=Cc2ccnc(Br)c2)c2ccccc21. The second kappa shape index (κ2) is 4.38. The van der Waals surface area contributed by atoms with Gasteiger partial charge in [-0.2, -0.15) is 0 Å². The van der Waals surface area contributed by atoms with Gasteiger partial charge in [0.2, 0.25) is 0 Å². The number of ether oxygens (including phenoxy) is 1. The molecule has 1 aliphatic heterocycles. The highest BCUT2D eigenvalue weighted by Crippen LogP contribution is 2.31. The summed E-state index contributed by atoms with van der Waals surface area (Å²) in [6, 6.07) is 11.1. The summed E-state index contributed by atoms with van der Waals surface area (Å²) in [6.45, 7) is 0. The monoisotopic (exact) mass is 301 g/mol. The van der Waals surface area contributed by atoms with Crippen molar-refractivity contribution >= 4 is 33.7 Å². The molecule has 0 radical (unpaired) electrons. The molecule has 18 heavy (non-hydrogen) atoms. The third kappa shape index (κ3) is 1.95. The van der Waals surface area contributed by atoms with Crippen molar-refractivity contribution < 1.29 is 9.53 Å². The predicted octanol–water partition coefficient (Wildman–Crippen LogP) is 3.51. The van der Waals surface area contributed by atoms with Crippen LogP contribution < -0.4 is 0 Å². The minimum atomic E-state index is -0.301. The molecule has 0 fully saturated rings. The number of hydrogen-bond acceptors (Lipinski definition) is 3. The molecule has 2 aromatic rings. The van der Waals surface area contributed by atoms with E-state index in [0.29, 0.717) is 11.3 Å². The molecule has 88 valence electrons. The van der Waals surface area contributed by atoms with Crippen LogP contribution in [0.1, 0.15) is 21.5 Å². The van der Waals surface area contributed by atoms with Crippen LogP contribution in [0.3, 0.4) is 0 Å². The van der Waals surface area contributed by atoms with Gasteiger partial charge in [-0.3, -0.25) is 0 Å². The van der Waals surface area contributed by atoms with E-state index in [1.807, 2.05) is 36.4 Å². The van der Waals surface area contributed by atoms with Crippen LogP contribution in [0.4, 0.5) is 0 Å². The van der Waals surface area contributed by atoms with Crippen molar-refractivity contribution in [2.24, 2.45) is 0 Å². The third-order valence-electron chi connectivity index (χ3n) is 2.66. The summed E-state index contributed by atoms with van der Waals surface area (Å²) in [5.74, 6) is 0.277. The normalized spacial score (nSPS) is 15.6. The van der Waals surface area contributed by atoms with Crippen LogP contribution in [0.2, 0.25) is 0 Å². The first-order valence-corrected chi connectivity index (χ1v) is 6.18. The Kier molecular flexibility index (Phi) is 2.72. The van der Waals surface area contributed by atoms with Crippen LogP contribution in [0, 0.1) is 0 Å². The van der Waals surface area contributed by atoms with Gasteiger partial charge in [0.1, 0.15) is 10.4 Å². The molecule has 0 saturated heterocycles. The Hall–Kier alpha value is -1.94. The fraction of sp³-hybridized carbons (Fsp3) is 0. The molecule has 0 aliphatic carbocycles. The van der Waals surface area contributed by atoms with E-state index in [-0.39, 0.29) is 5.97 Å². The number of pyridine rings is 1. The Bertz CT molecular complexity index is 664. The largest absolute Gasteiger partial charge is 0.422 e. The Labute approximate surface area is 112 Å². The van der Waals surface area contributed by atoms with E-state index in [0.717, 1.165) is 15.7 Å². The fourth-order valence-electron chi connectivity index (χ4n) is 1.85.